The fourth-order valence-corrected chi connectivity index (χ4v) is 4.76. The monoisotopic (exact) mass is 475 g/mol. The molecule has 2 heterocycles. The lowest BCUT2D eigenvalue weighted by atomic mass is 9.83. The van der Waals surface area contributed by atoms with Crippen LogP contribution in [0.15, 0.2) is 0 Å². The summed E-state index contributed by atoms with van der Waals surface area (Å²) in [6, 6.07) is 2.04. The summed E-state index contributed by atoms with van der Waals surface area (Å²) in [5, 5.41) is 30.6. The van der Waals surface area contributed by atoms with Gasteiger partial charge in [0.05, 0.1) is 24.0 Å². The zero-order valence-electron chi connectivity index (χ0n) is 19.0. The number of rotatable bonds is 8. The minimum absolute atomic E-state index is 0.0228. The van der Waals surface area contributed by atoms with Crippen molar-refractivity contribution in [2.24, 2.45) is 17.8 Å². The molecule has 0 aromatic heterocycles. The Balaban J connectivity index is 2.18. The van der Waals surface area contributed by atoms with Crippen molar-refractivity contribution in [3.05, 3.63) is 0 Å². The fourth-order valence-electron chi connectivity index (χ4n) is 3.84. The summed E-state index contributed by atoms with van der Waals surface area (Å²) in [6.45, 7) is 7.97. The number of thioether (sulfide) groups is 1. The second-order valence-electron chi connectivity index (χ2n) is 8.32. The van der Waals surface area contributed by atoms with Gasteiger partial charge in [0.25, 0.3) is 0 Å². The Morgan fingerprint density at radius 2 is 1.53 bits per heavy atom. The number of carbonyl (C=O) groups excluding carboxylic acids is 2. The molecule has 2 N–H and O–H groups in total. The smallest absolute Gasteiger partial charge is 0.302 e. The lowest BCUT2D eigenvalue weighted by molar-refractivity contribution is -0.317. The maximum absolute atomic E-state index is 11.2. The molecule has 0 bridgehead atoms. The van der Waals surface area contributed by atoms with Crippen molar-refractivity contribution in [2.45, 2.75) is 76.9 Å². The quantitative estimate of drug-likeness (QED) is 0.482. The molecule has 11 heteroatoms. The van der Waals surface area contributed by atoms with Gasteiger partial charge in [-0.3, -0.25) is 9.59 Å². The van der Waals surface area contributed by atoms with Crippen LogP contribution in [0.3, 0.4) is 0 Å². The first-order chi connectivity index (χ1) is 15.1. The van der Waals surface area contributed by atoms with Crippen LogP contribution in [0.2, 0.25) is 0 Å². The van der Waals surface area contributed by atoms with Crippen molar-refractivity contribution >= 4 is 23.7 Å². The van der Waals surface area contributed by atoms with Crippen LogP contribution in [0, 0.1) is 29.1 Å². The molecule has 0 aliphatic carbocycles. The normalized spacial score (nSPS) is 39.7. The summed E-state index contributed by atoms with van der Waals surface area (Å²) in [5.41, 5.74) is -0.502. The summed E-state index contributed by atoms with van der Waals surface area (Å²) < 4.78 is 28.0. The van der Waals surface area contributed by atoms with Gasteiger partial charge in [0.15, 0.2) is 6.29 Å². The molecule has 4 unspecified atom stereocenters. The molecular formula is C21H33NO9S. The maximum Gasteiger partial charge on any atom is 0.302 e. The molecule has 0 spiro atoms. The Morgan fingerprint density at radius 1 is 0.938 bits per heavy atom. The maximum atomic E-state index is 11.2. The van der Waals surface area contributed by atoms with Crippen molar-refractivity contribution in [2.75, 3.05) is 19.0 Å². The van der Waals surface area contributed by atoms with Gasteiger partial charge in [0, 0.05) is 19.8 Å². The summed E-state index contributed by atoms with van der Waals surface area (Å²) in [5.74, 6) is -1.47. The van der Waals surface area contributed by atoms with Crippen LogP contribution in [0.4, 0.5) is 0 Å². The van der Waals surface area contributed by atoms with Crippen LogP contribution in [-0.4, -0.2) is 83.4 Å². The Bertz CT molecular complexity index is 687. The number of carbonyl (C=O) groups is 2. The summed E-state index contributed by atoms with van der Waals surface area (Å²) >= 11 is 1.25. The van der Waals surface area contributed by atoms with Gasteiger partial charge >= 0.3 is 11.9 Å². The van der Waals surface area contributed by atoms with Gasteiger partial charge in [0.2, 0.25) is 0 Å². The molecule has 10 nitrogen and oxygen atoms in total. The van der Waals surface area contributed by atoms with Gasteiger partial charge < -0.3 is 33.9 Å². The van der Waals surface area contributed by atoms with Crippen LogP contribution >= 0.6 is 11.8 Å². The minimum Gasteiger partial charge on any atom is -0.463 e. The van der Waals surface area contributed by atoms with E-state index in [9.17, 15) is 19.8 Å². The van der Waals surface area contributed by atoms with Gasteiger partial charge in [-0.25, -0.2) is 0 Å². The van der Waals surface area contributed by atoms with E-state index in [-0.39, 0.29) is 36.7 Å². The van der Waals surface area contributed by atoms with Crippen LogP contribution in [0.1, 0.15) is 34.6 Å². The molecule has 2 fully saturated rings. The van der Waals surface area contributed by atoms with E-state index in [0.717, 1.165) is 0 Å². The summed E-state index contributed by atoms with van der Waals surface area (Å²) in [4.78, 5) is 22.5. The number of nitriles is 1. The van der Waals surface area contributed by atoms with Gasteiger partial charge in [-0.15, -0.1) is 11.8 Å². The Hall–Kier alpha value is -1.42. The number of esters is 2. The highest BCUT2D eigenvalue weighted by atomic mass is 32.2. The third kappa shape index (κ3) is 6.79. The van der Waals surface area contributed by atoms with E-state index < -0.39 is 54.2 Å². The van der Waals surface area contributed by atoms with E-state index in [4.69, 9.17) is 28.9 Å². The molecule has 2 aliphatic rings. The van der Waals surface area contributed by atoms with Crippen molar-refractivity contribution < 1.29 is 43.5 Å². The van der Waals surface area contributed by atoms with Crippen LogP contribution in [0.5, 0.6) is 0 Å². The highest BCUT2D eigenvalue weighted by molar-refractivity contribution is 7.99. The predicted octanol–water partition coefficient (Wildman–Crippen LogP) is 0.834. The average Bonchev–Trinajstić information content (AvgIpc) is 2.74. The molecule has 32 heavy (non-hydrogen) atoms. The number of aliphatic hydroxyl groups excluding tert-OH is 2. The van der Waals surface area contributed by atoms with Crippen molar-refractivity contribution in [1.82, 2.24) is 0 Å². The molecule has 0 aromatic rings. The Kier molecular flexibility index (Phi) is 10.2. The van der Waals surface area contributed by atoms with E-state index >= 15 is 0 Å². The van der Waals surface area contributed by atoms with Gasteiger partial charge in [0.1, 0.15) is 37.0 Å². The van der Waals surface area contributed by atoms with Crippen molar-refractivity contribution in [3.8, 4) is 6.07 Å². The van der Waals surface area contributed by atoms with E-state index in [0.29, 0.717) is 0 Å². The first kappa shape index (κ1) is 26.8. The third-order valence-corrected chi connectivity index (χ3v) is 7.19. The van der Waals surface area contributed by atoms with Crippen molar-refractivity contribution in [3.63, 3.8) is 0 Å². The number of aliphatic hydroxyl groups is 2. The molecule has 0 aromatic carbocycles. The lowest BCUT2D eigenvalue weighted by Gasteiger charge is -2.47. The molecule has 2 saturated heterocycles. The standard InChI is InChI=1S/C21H33NO9S/c1-10-11(2)17(25)20(29-15(10)8-27-13(4)23)31-19-12(3)21(32-7-6-22)30-16(18(19)26)9-28-14(5)24/h10-12,15-21,25-26H,7-9H2,1-5H3/t10-,11?,12+,15?,16?,17+,18-,19?,20+,21+/m1/s1. The van der Waals surface area contributed by atoms with Crippen LogP contribution in [-0.2, 0) is 33.3 Å². The molecular weight excluding hydrogens is 442 g/mol. The molecule has 0 amide bonds. The summed E-state index contributed by atoms with van der Waals surface area (Å²) in [7, 11) is 0. The third-order valence-electron chi connectivity index (χ3n) is 6.02. The number of ether oxygens (including phenoxy) is 5. The fraction of sp³-hybridized carbons (Fsp3) is 0.857. The number of hydrogen-bond donors (Lipinski definition) is 2. The SMILES string of the molecule is CC(=O)OCC1O[C@@H](OC2[C@H](O)C(COC(C)=O)O[C@@H](SCC#N)[C@H]2C)[C@@H](O)C(C)[C@H]1C. The van der Waals surface area contributed by atoms with E-state index in [2.05, 4.69) is 0 Å². The Labute approximate surface area is 192 Å². The zero-order chi connectivity index (χ0) is 24.0. The van der Waals surface area contributed by atoms with Gasteiger partial charge in [-0.1, -0.05) is 20.8 Å². The lowest BCUT2D eigenvalue weighted by Crippen LogP contribution is -2.59. The van der Waals surface area contributed by atoms with E-state index in [1.165, 1.54) is 25.6 Å². The number of nitrogens with zero attached hydrogens (tertiary/aromatic N) is 1. The van der Waals surface area contributed by atoms with Crippen LogP contribution in [0.25, 0.3) is 0 Å². The summed E-state index contributed by atoms with van der Waals surface area (Å²) in [6.07, 6.45) is -5.40. The van der Waals surface area contributed by atoms with E-state index in [1.807, 2.05) is 26.8 Å². The average molecular weight is 476 g/mol. The topological polar surface area (TPSA) is 145 Å². The number of hydrogen-bond acceptors (Lipinski definition) is 11. The largest absolute Gasteiger partial charge is 0.463 e. The highest BCUT2D eigenvalue weighted by Crippen LogP contribution is 2.38. The molecule has 2 rings (SSSR count). The first-order valence-electron chi connectivity index (χ1n) is 10.6. The van der Waals surface area contributed by atoms with Crippen LogP contribution < -0.4 is 0 Å². The Morgan fingerprint density at radius 3 is 2.09 bits per heavy atom. The molecule has 0 saturated carbocycles. The second-order valence-corrected chi connectivity index (χ2v) is 9.41. The molecule has 10 atom stereocenters. The molecule has 2 aliphatic heterocycles. The second kappa shape index (κ2) is 12.2. The van der Waals surface area contributed by atoms with Gasteiger partial charge in [-0.05, 0) is 11.8 Å². The van der Waals surface area contributed by atoms with Crippen molar-refractivity contribution in [1.29, 1.82) is 5.26 Å². The predicted molar refractivity (Wildman–Crippen MR) is 113 cm³/mol. The zero-order valence-corrected chi connectivity index (χ0v) is 19.8. The van der Waals surface area contributed by atoms with E-state index in [1.54, 1.807) is 0 Å². The first-order valence-corrected chi connectivity index (χ1v) is 11.7. The minimum atomic E-state index is -1.17. The molecule has 182 valence electrons. The molecule has 0 radical (unpaired) electrons. The highest BCUT2D eigenvalue weighted by Gasteiger charge is 2.49. The van der Waals surface area contributed by atoms with Gasteiger partial charge in [-0.2, -0.15) is 5.26 Å².